The van der Waals surface area contributed by atoms with E-state index in [1.165, 1.54) is 31.2 Å². The first-order valence-electron chi connectivity index (χ1n) is 6.32. The number of phenolic OH excluding ortho intramolecular Hbond substituents is 1. The van der Waals surface area contributed by atoms with Gasteiger partial charge in [0.05, 0.1) is 0 Å². The van der Waals surface area contributed by atoms with Crippen molar-refractivity contribution in [2.24, 2.45) is 0 Å². The predicted molar refractivity (Wildman–Crippen MR) is 74.5 cm³/mol. The van der Waals surface area contributed by atoms with E-state index in [1.807, 2.05) is 23.9 Å². The van der Waals surface area contributed by atoms with Crippen molar-refractivity contribution in [2.45, 2.75) is 43.5 Å². The van der Waals surface area contributed by atoms with Gasteiger partial charge in [-0.3, -0.25) is 0 Å². The summed E-state index contributed by atoms with van der Waals surface area (Å²) in [6.45, 7) is 0.912. The second-order valence-corrected chi connectivity index (χ2v) is 5.89. The number of nitrogens with one attached hydrogen (secondary N) is 1. The van der Waals surface area contributed by atoms with Gasteiger partial charge in [0.25, 0.3) is 0 Å². The van der Waals surface area contributed by atoms with Crippen LogP contribution in [0.1, 0.15) is 31.2 Å². The quantitative estimate of drug-likeness (QED) is 0.862. The number of hydrogen-bond acceptors (Lipinski definition) is 3. The van der Waals surface area contributed by atoms with Crippen LogP contribution in [-0.4, -0.2) is 22.7 Å². The average molecular weight is 251 g/mol. The summed E-state index contributed by atoms with van der Waals surface area (Å²) < 4.78 is 0. The first-order valence-corrected chi connectivity index (χ1v) is 7.61. The lowest BCUT2D eigenvalue weighted by molar-refractivity contribution is 0.379. The third-order valence-corrected chi connectivity index (χ3v) is 4.68. The number of aromatic hydroxyl groups is 1. The molecule has 2 nitrogen and oxygen atoms in total. The van der Waals surface area contributed by atoms with E-state index in [0.717, 1.165) is 11.8 Å². The van der Waals surface area contributed by atoms with Crippen LogP contribution in [0.15, 0.2) is 24.3 Å². The van der Waals surface area contributed by atoms with Gasteiger partial charge in [0.15, 0.2) is 0 Å². The smallest absolute Gasteiger partial charge is 0.115 e. The Morgan fingerprint density at radius 2 is 1.82 bits per heavy atom. The molecule has 0 amide bonds. The lowest BCUT2D eigenvalue weighted by atomic mass is 9.95. The zero-order valence-electron chi connectivity index (χ0n) is 10.4. The Morgan fingerprint density at radius 1 is 1.18 bits per heavy atom. The molecule has 1 fully saturated rings. The standard InChI is InChI=1S/C14H21NOS/c1-17-14-8-4-12(5-9-14)15-10-11-2-6-13(16)7-3-11/h2-3,6-7,12,14-16H,4-5,8-10H2,1H3. The number of rotatable bonds is 4. The van der Waals surface area contributed by atoms with Crippen LogP contribution < -0.4 is 5.32 Å². The van der Waals surface area contributed by atoms with Crippen LogP contribution in [0, 0.1) is 0 Å². The van der Waals surface area contributed by atoms with E-state index in [0.29, 0.717) is 11.8 Å². The number of benzene rings is 1. The largest absolute Gasteiger partial charge is 0.508 e. The maximum Gasteiger partial charge on any atom is 0.115 e. The Hall–Kier alpha value is -0.670. The molecule has 0 aromatic heterocycles. The summed E-state index contributed by atoms with van der Waals surface area (Å²) in [4.78, 5) is 0. The van der Waals surface area contributed by atoms with E-state index < -0.39 is 0 Å². The summed E-state index contributed by atoms with van der Waals surface area (Å²) in [6.07, 6.45) is 7.49. The Morgan fingerprint density at radius 3 is 2.41 bits per heavy atom. The molecular formula is C14H21NOS. The second-order valence-electron chi connectivity index (χ2n) is 4.76. The van der Waals surface area contributed by atoms with Crippen molar-refractivity contribution in [1.82, 2.24) is 5.32 Å². The van der Waals surface area contributed by atoms with Gasteiger partial charge in [0, 0.05) is 17.8 Å². The lowest BCUT2D eigenvalue weighted by Crippen LogP contribution is -2.33. The fraction of sp³-hybridized carbons (Fsp3) is 0.571. The van der Waals surface area contributed by atoms with E-state index in [9.17, 15) is 5.11 Å². The molecule has 1 aromatic rings. The third kappa shape index (κ3) is 3.93. The van der Waals surface area contributed by atoms with Crippen LogP contribution in [0.3, 0.4) is 0 Å². The van der Waals surface area contributed by atoms with Crippen LogP contribution in [0.25, 0.3) is 0 Å². The normalized spacial score (nSPS) is 24.8. The van der Waals surface area contributed by atoms with E-state index in [2.05, 4.69) is 11.6 Å². The monoisotopic (exact) mass is 251 g/mol. The fourth-order valence-corrected chi connectivity index (χ4v) is 3.12. The van der Waals surface area contributed by atoms with Crippen LogP contribution in [0.5, 0.6) is 5.75 Å². The number of thioether (sulfide) groups is 1. The van der Waals surface area contributed by atoms with Gasteiger partial charge < -0.3 is 10.4 Å². The van der Waals surface area contributed by atoms with E-state index in [-0.39, 0.29) is 0 Å². The number of phenols is 1. The Balaban J connectivity index is 1.74. The Kier molecular flexibility index (Phi) is 4.75. The third-order valence-electron chi connectivity index (χ3n) is 3.54. The molecular weight excluding hydrogens is 230 g/mol. The van der Waals surface area contributed by atoms with Crippen molar-refractivity contribution < 1.29 is 5.11 Å². The summed E-state index contributed by atoms with van der Waals surface area (Å²) in [5.74, 6) is 0.342. The molecule has 0 radical (unpaired) electrons. The molecule has 2 rings (SSSR count). The van der Waals surface area contributed by atoms with Gasteiger partial charge in [0.2, 0.25) is 0 Å². The van der Waals surface area contributed by atoms with Gasteiger partial charge in [-0.2, -0.15) is 11.8 Å². The molecule has 0 unspecified atom stereocenters. The van der Waals surface area contributed by atoms with Gasteiger partial charge in [-0.15, -0.1) is 0 Å². The summed E-state index contributed by atoms with van der Waals surface area (Å²) in [5, 5.41) is 13.7. The van der Waals surface area contributed by atoms with Crippen molar-refractivity contribution in [3.63, 3.8) is 0 Å². The molecule has 94 valence electrons. The van der Waals surface area contributed by atoms with Crippen molar-refractivity contribution in [3.8, 4) is 5.75 Å². The molecule has 1 saturated carbocycles. The molecule has 0 atom stereocenters. The first kappa shape index (κ1) is 12.8. The summed E-state index contributed by atoms with van der Waals surface area (Å²) in [5.41, 5.74) is 1.25. The van der Waals surface area contributed by atoms with E-state index in [4.69, 9.17) is 0 Å². The molecule has 1 aromatic carbocycles. The topological polar surface area (TPSA) is 32.3 Å². The molecule has 3 heteroatoms. The predicted octanol–water partition coefficient (Wildman–Crippen LogP) is 3.16. The van der Waals surface area contributed by atoms with Crippen LogP contribution >= 0.6 is 11.8 Å². The SMILES string of the molecule is CSC1CCC(NCc2ccc(O)cc2)CC1. The van der Waals surface area contributed by atoms with E-state index in [1.54, 1.807) is 12.1 Å². The fourth-order valence-electron chi connectivity index (χ4n) is 2.38. The van der Waals surface area contributed by atoms with Gasteiger partial charge in [-0.05, 0) is 49.6 Å². The summed E-state index contributed by atoms with van der Waals surface area (Å²) >= 11 is 2.01. The van der Waals surface area contributed by atoms with Crippen LogP contribution in [0.4, 0.5) is 0 Å². The highest BCUT2D eigenvalue weighted by molar-refractivity contribution is 7.99. The molecule has 2 N–H and O–H groups in total. The zero-order valence-corrected chi connectivity index (χ0v) is 11.2. The van der Waals surface area contributed by atoms with Crippen molar-refractivity contribution in [1.29, 1.82) is 0 Å². The van der Waals surface area contributed by atoms with Gasteiger partial charge in [-0.1, -0.05) is 12.1 Å². The summed E-state index contributed by atoms with van der Waals surface area (Å²) in [6, 6.07) is 8.14. The first-order chi connectivity index (χ1) is 8.28. The molecule has 0 spiro atoms. The zero-order chi connectivity index (χ0) is 12.1. The molecule has 1 aliphatic carbocycles. The highest BCUT2D eigenvalue weighted by Crippen LogP contribution is 2.26. The van der Waals surface area contributed by atoms with E-state index >= 15 is 0 Å². The average Bonchev–Trinajstić information content (AvgIpc) is 2.39. The van der Waals surface area contributed by atoms with Crippen LogP contribution in [0.2, 0.25) is 0 Å². The molecule has 0 bridgehead atoms. The Bertz CT molecular complexity index is 331. The number of hydrogen-bond donors (Lipinski definition) is 2. The van der Waals surface area contributed by atoms with Gasteiger partial charge in [-0.25, -0.2) is 0 Å². The highest BCUT2D eigenvalue weighted by Gasteiger charge is 2.19. The Labute approximate surface area is 108 Å². The summed E-state index contributed by atoms with van der Waals surface area (Å²) in [7, 11) is 0. The molecule has 1 aliphatic rings. The molecule has 0 heterocycles. The lowest BCUT2D eigenvalue weighted by Gasteiger charge is -2.28. The van der Waals surface area contributed by atoms with Gasteiger partial charge in [0.1, 0.15) is 5.75 Å². The molecule has 0 saturated heterocycles. The highest BCUT2D eigenvalue weighted by atomic mass is 32.2. The minimum Gasteiger partial charge on any atom is -0.508 e. The molecule has 17 heavy (non-hydrogen) atoms. The van der Waals surface area contributed by atoms with Crippen molar-refractivity contribution >= 4 is 11.8 Å². The van der Waals surface area contributed by atoms with Crippen molar-refractivity contribution in [2.75, 3.05) is 6.26 Å². The minimum atomic E-state index is 0.342. The molecule has 0 aliphatic heterocycles. The van der Waals surface area contributed by atoms with Crippen molar-refractivity contribution in [3.05, 3.63) is 29.8 Å². The van der Waals surface area contributed by atoms with Crippen LogP contribution in [-0.2, 0) is 6.54 Å². The maximum absolute atomic E-state index is 9.21. The maximum atomic E-state index is 9.21. The minimum absolute atomic E-state index is 0.342. The second kappa shape index (κ2) is 6.31. The van der Waals surface area contributed by atoms with Gasteiger partial charge >= 0.3 is 0 Å².